The number of anilines is 1. The van der Waals surface area contributed by atoms with E-state index >= 15 is 0 Å². The fraction of sp³-hybridized carbons (Fsp3) is 0.556. The van der Waals surface area contributed by atoms with Crippen LogP contribution in [-0.4, -0.2) is 23.5 Å². The average molecular weight is 213 g/mol. The molecule has 0 fully saturated rings. The van der Waals surface area contributed by atoms with E-state index in [9.17, 15) is 4.79 Å². The van der Waals surface area contributed by atoms with Gasteiger partial charge in [0, 0.05) is 18.0 Å². The summed E-state index contributed by atoms with van der Waals surface area (Å²) in [6.07, 6.45) is 0. The summed E-state index contributed by atoms with van der Waals surface area (Å²) in [7, 11) is 1.78. The van der Waals surface area contributed by atoms with Gasteiger partial charge >= 0.3 is 0 Å². The van der Waals surface area contributed by atoms with Crippen LogP contribution in [0.1, 0.15) is 31.3 Å². The summed E-state index contributed by atoms with van der Waals surface area (Å²) in [5.41, 5.74) is 0.245. The Kier molecular flexibility index (Phi) is 3.10. The number of aromatic nitrogens is 1. The molecule has 1 heterocycles. The molecule has 0 aliphatic rings. The Balaban J connectivity index is 2.70. The molecule has 0 bridgehead atoms. The molecule has 1 aromatic rings. The Labute approximate surface area is 87.7 Å². The number of thiazole rings is 1. The van der Waals surface area contributed by atoms with Crippen molar-refractivity contribution in [1.82, 2.24) is 10.3 Å². The number of nitrogens with zero attached hydrogens (tertiary/aromatic N) is 1. The topological polar surface area (TPSA) is 54.0 Å². The molecule has 1 rings (SSSR count). The standard InChI is InChI=1S/C9H15N3OS/c1-9(2,3)12-7(13)6-5-14-8(10-4)11-6/h5H,1-4H3,(H,10,11)(H,12,13). The second-order valence-electron chi connectivity index (χ2n) is 3.99. The van der Waals surface area contributed by atoms with Gasteiger partial charge in [-0.2, -0.15) is 0 Å². The molecule has 2 N–H and O–H groups in total. The molecule has 4 nitrogen and oxygen atoms in total. The maximum absolute atomic E-state index is 11.6. The van der Waals surface area contributed by atoms with Crippen LogP contribution in [0.5, 0.6) is 0 Å². The molecule has 5 heteroatoms. The molecule has 78 valence electrons. The second-order valence-corrected chi connectivity index (χ2v) is 4.85. The minimum atomic E-state index is -0.222. The minimum absolute atomic E-state index is 0.129. The van der Waals surface area contributed by atoms with Crippen molar-refractivity contribution in [2.24, 2.45) is 0 Å². The largest absolute Gasteiger partial charge is 0.365 e. The maximum atomic E-state index is 11.6. The van der Waals surface area contributed by atoms with Gasteiger partial charge in [0.05, 0.1) is 0 Å². The van der Waals surface area contributed by atoms with Crippen LogP contribution in [0.4, 0.5) is 5.13 Å². The number of rotatable bonds is 2. The summed E-state index contributed by atoms with van der Waals surface area (Å²) in [4.78, 5) is 15.7. The van der Waals surface area contributed by atoms with Gasteiger partial charge in [-0.25, -0.2) is 4.98 Å². The molecule has 1 aromatic heterocycles. The molecular weight excluding hydrogens is 198 g/mol. The van der Waals surface area contributed by atoms with Gasteiger partial charge in [-0.3, -0.25) is 4.79 Å². The van der Waals surface area contributed by atoms with Crippen molar-refractivity contribution in [2.45, 2.75) is 26.3 Å². The van der Waals surface area contributed by atoms with Crippen molar-refractivity contribution in [1.29, 1.82) is 0 Å². The lowest BCUT2D eigenvalue weighted by molar-refractivity contribution is 0.0915. The number of nitrogens with one attached hydrogen (secondary N) is 2. The van der Waals surface area contributed by atoms with Crippen LogP contribution in [0.3, 0.4) is 0 Å². The normalized spacial score (nSPS) is 11.1. The van der Waals surface area contributed by atoms with Gasteiger partial charge in [0.2, 0.25) is 0 Å². The summed E-state index contributed by atoms with van der Waals surface area (Å²) < 4.78 is 0. The van der Waals surface area contributed by atoms with Crippen LogP contribution >= 0.6 is 11.3 Å². The molecule has 0 aliphatic heterocycles. The van der Waals surface area contributed by atoms with E-state index in [2.05, 4.69) is 15.6 Å². The smallest absolute Gasteiger partial charge is 0.271 e. The molecule has 0 aromatic carbocycles. The minimum Gasteiger partial charge on any atom is -0.365 e. The highest BCUT2D eigenvalue weighted by atomic mass is 32.1. The third-order valence-electron chi connectivity index (χ3n) is 1.44. The molecule has 0 spiro atoms. The summed E-state index contributed by atoms with van der Waals surface area (Å²) in [6.45, 7) is 5.82. The van der Waals surface area contributed by atoms with E-state index in [1.165, 1.54) is 11.3 Å². The Morgan fingerprint density at radius 1 is 1.50 bits per heavy atom. The molecule has 0 radical (unpaired) electrons. The first-order valence-corrected chi connectivity index (χ1v) is 5.26. The van der Waals surface area contributed by atoms with Crippen molar-refractivity contribution < 1.29 is 4.79 Å². The number of amides is 1. The third kappa shape index (κ3) is 2.99. The van der Waals surface area contributed by atoms with Crippen LogP contribution in [0, 0.1) is 0 Å². The van der Waals surface area contributed by atoms with E-state index < -0.39 is 0 Å². The van der Waals surface area contributed by atoms with Gasteiger partial charge in [-0.1, -0.05) is 0 Å². The van der Waals surface area contributed by atoms with Crippen molar-refractivity contribution in [2.75, 3.05) is 12.4 Å². The van der Waals surface area contributed by atoms with E-state index in [0.29, 0.717) is 5.69 Å². The quantitative estimate of drug-likeness (QED) is 0.786. The zero-order chi connectivity index (χ0) is 10.8. The van der Waals surface area contributed by atoms with Gasteiger partial charge in [0.25, 0.3) is 5.91 Å². The summed E-state index contributed by atoms with van der Waals surface area (Å²) in [6, 6.07) is 0. The maximum Gasteiger partial charge on any atom is 0.271 e. The highest BCUT2D eigenvalue weighted by Crippen LogP contribution is 2.14. The molecule has 0 unspecified atom stereocenters. The molecular formula is C9H15N3OS. The van der Waals surface area contributed by atoms with Crippen molar-refractivity contribution in [3.63, 3.8) is 0 Å². The summed E-state index contributed by atoms with van der Waals surface area (Å²) >= 11 is 1.42. The van der Waals surface area contributed by atoms with Gasteiger partial charge in [0.1, 0.15) is 5.69 Å². The molecule has 0 saturated carbocycles. The summed E-state index contributed by atoms with van der Waals surface area (Å²) in [5, 5.41) is 8.24. The van der Waals surface area contributed by atoms with Gasteiger partial charge < -0.3 is 10.6 Å². The Morgan fingerprint density at radius 3 is 2.57 bits per heavy atom. The predicted octanol–water partition coefficient (Wildman–Crippen LogP) is 1.71. The fourth-order valence-electron chi connectivity index (χ4n) is 0.897. The second kappa shape index (κ2) is 3.96. The zero-order valence-electron chi connectivity index (χ0n) is 8.84. The van der Waals surface area contributed by atoms with Crippen LogP contribution in [-0.2, 0) is 0 Å². The SMILES string of the molecule is CNc1nc(C(=O)NC(C)(C)C)cs1. The molecule has 0 aliphatic carbocycles. The number of hydrogen-bond acceptors (Lipinski definition) is 4. The van der Waals surface area contributed by atoms with Crippen LogP contribution < -0.4 is 10.6 Å². The van der Waals surface area contributed by atoms with Crippen molar-refractivity contribution in [3.8, 4) is 0 Å². The van der Waals surface area contributed by atoms with E-state index in [4.69, 9.17) is 0 Å². The molecule has 1 amide bonds. The molecule has 14 heavy (non-hydrogen) atoms. The predicted molar refractivity (Wildman–Crippen MR) is 58.9 cm³/mol. The Morgan fingerprint density at radius 2 is 2.14 bits per heavy atom. The molecule has 0 saturated heterocycles. The summed E-state index contributed by atoms with van der Waals surface area (Å²) in [5.74, 6) is -0.129. The van der Waals surface area contributed by atoms with E-state index in [1.807, 2.05) is 20.8 Å². The Hall–Kier alpha value is -1.10. The molecule has 0 atom stereocenters. The third-order valence-corrected chi connectivity index (χ3v) is 2.30. The lowest BCUT2D eigenvalue weighted by atomic mass is 10.1. The van der Waals surface area contributed by atoms with Crippen LogP contribution in [0.25, 0.3) is 0 Å². The highest BCUT2D eigenvalue weighted by Gasteiger charge is 2.17. The van der Waals surface area contributed by atoms with Gasteiger partial charge in [0.15, 0.2) is 5.13 Å². The first kappa shape index (κ1) is 11.0. The van der Waals surface area contributed by atoms with Crippen LogP contribution in [0.2, 0.25) is 0 Å². The van der Waals surface area contributed by atoms with Gasteiger partial charge in [-0.05, 0) is 20.8 Å². The lowest BCUT2D eigenvalue weighted by Crippen LogP contribution is -2.40. The van der Waals surface area contributed by atoms with Crippen LogP contribution in [0.15, 0.2) is 5.38 Å². The van der Waals surface area contributed by atoms with Crippen molar-refractivity contribution >= 4 is 22.4 Å². The van der Waals surface area contributed by atoms with Gasteiger partial charge in [-0.15, -0.1) is 11.3 Å². The van der Waals surface area contributed by atoms with E-state index in [1.54, 1.807) is 12.4 Å². The Bertz CT molecular complexity index is 327. The lowest BCUT2D eigenvalue weighted by Gasteiger charge is -2.19. The highest BCUT2D eigenvalue weighted by molar-refractivity contribution is 7.13. The number of carbonyl (C=O) groups is 1. The van der Waals surface area contributed by atoms with Crippen molar-refractivity contribution in [3.05, 3.63) is 11.1 Å². The monoisotopic (exact) mass is 213 g/mol. The first-order chi connectivity index (χ1) is 6.42. The fourth-order valence-corrected chi connectivity index (χ4v) is 1.55. The number of hydrogen-bond donors (Lipinski definition) is 2. The number of carbonyl (C=O) groups excluding carboxylic acids is 1. The zero-order valence-corrected chi connectivity index (χ0v) is 9.66. The van der Waals surface area contributed by atoms with E-state index in [0.717, 1.165) is 5.13 Å². The van der Waals surface area contributed by atoms with E-state index in [-0.39, 0.29) is 11.4 Å². The average Bonchev–Trinajstić information content (AvgIpc) is 2.48. The first-order valence-electron chi connectivity index (χ1n) is 4.38.